The molecule has 0 spiro atoms. The van der Waals surface area contributed by atoms with Crippen molar-refractivity contribution >= 4 is 24.1 Å². The number of hydrogen-bond acceptors (Lipinski definition) is 3. The highest BCUT2D eigenvalue weighted by molar-refractivity contribution is 5.89. The summed E-state index contributed by atoms with van der Waals surface area (Å²) >= 11 is 0. The van der Waals surface area contributed by atoms with Crippen LogP contribution in [0.25, 0.3) is 0 Å². The Morgan fingerprint density at radius 1 is 1.22 bits per heavy atom. The number of nitrogens with two attached hydrogens (primary N) is 3. The molecule has 0 aliphatic heterocycles. The summed E-state index contributed by atoms with van der Waals surface area (Å²) in [5.41, 5.74) is 10.6. The molecule has 7 N–H and O–H groups in total. The standard InChI is InChI=1S/C16H35N5O.ClH/c1-6-15(4,7-2)20-12-19-14(22)16(5,21-13(3)18)10-8-9-11-17;/h20H,6-12,17H2,1-5H3,(H2,18,21)(H,19,22);1H/p+1. The van der Waals surface area contributed by atoms with Crippen LogP contribution in [0.4, 0.5) is 0 Å². The first-order valence-corrected chi connectivity index (χ1v) is 8.37. The van der Waals surface area contributed by atoms with E-state index in [1.807, 2.05) is 6.92 Å². The molecule has 1 atom stereocenters. The number of carbonyl (C=O) groups is 1. The Bertz CT molecular complexity index is 367. The molecule has 0 saturated heterocycles. The first-order chi connectivity index (χ1) is 10.2. The maximum Gasteiger partial charge on any atom is 0.251 e. The maximum absolute atomic E-state index is 12.5. The van der Waals surface area contributed by atoms with Crippen molar-refractivity contribution in [3.05, 3.63) is 0 Å². The second-order valence-corrected chi connectivity index (χ2v) is 6.55. The summed E-state index contributed by atoms with van der Waals surface area (Å²) in [6, 6.07) is 0. The molecule has 7 heteroatoms. The van der Waals surface area contributed by atoms with Crippen LogP contribution in [0.15, 0.2) is 4.99 Å². The lowest BCUT2D eigenvalue weighted by Gasteiger charge is -2.27. The SMILES string of the molecule is CCC(C)(CC)[NH2+]CNC(=O)C(C)(CCCCN)N=C(C)N.Cl. The molecule has 0 fully saturated rings. The van der Waals surface area contributed by atoms with Gasteiger partial charge >= 0.3 is 0 Å². The third kappa shape index (κ3) is 9.13. The minimum atomic E-state index is -0.809. The highest BCUT2D eigenvalue weighted by atomic mass is 35.5. The first kappa shape index (κ1) is 24.4. The molecule has 0 aliphatic rings. The predicted molar refractivity (Wildman–Crippen MR) is 99.8 cm³/mol. The molecule has 1 unspecified atom stereocenters. The average Bonchev–Trinajstić information content (AvgIpc) is 2.46. The zero-order valence-electron chi connectivity index (χ0n) is 15.4. The van der Waals surface area contributed by atoms with E-state index in [0.29, 0.717) is 25.5 Å². The van der Waals surface area contributed by atoms with Crippen LogP contribution in [0.2, 0.25) is 0 Å². The Balaban J connectivity index is 0. The largest absolute Gasteiger partial charge is 0.388 e. The Labute approximate surface area is 147 Å². The van der Waals surface area contributed by atoms with Crippen LogP contribution in [0.5, 0.6) is 0 Å². The van der Waals surface area contributed by atoms with Crippen LogP contribution in [0.1, 0.15) is 66.7 Å². The number of aliphatic imine (C=N–C) groups is 1. The van der Waals surface area contributed by atoms with E-state index >= 15 is 0 Å². The van der Waals surface area contributed by atoms with Crippen molar-refractivity contribution in [1.82, 2.24) is 5.32 Å². The fourth-order valence-electron chi connectivity index (χ4n) is 2.34. The van der Waals surface area contributed by atoms with Gasteiger partial charge in [-0.25, -0.2) is 0 Å². The molecule has 138 valence electrons. The number of quaternary nitrogens is 1. The van der Waals surface area contributed by atoms with Crippen molar-refractivity contribution in [2.75, 3.05) is 13.2 Å². The monoisotopic (exact) mass is 350 g/mol. The van der Waals surface area contributed by atoms with Crippen LogP contribution in [0.3, 0.4) is 0 Å². The number of hydrogen-bond donors (Lipinski definition) is 4. The Morgan fingerprint density at radius 2 is 1.78 bits per heavy atom. The molecule has 0 aromatic carbocycles. The van der Waals surface area contributed by atoms with Crippen molar-refractivity contribution in [3.8, 4) is 0 Å². The molecular formula is C16H37ClN5O+. The number of nitrogens with one attached hydrogen (secondary N) is 1. The van der Waals surface area contributed by atoms with Gasteiger partial charge in [0.05, 0.1) is 11.4 Å². The van der Waals surface area contributed by atoms with Crippen molar-refractivity contribution in [2.24, 2.45) is 16.5 Å². The van der Waals surface area contributed by atoms with Crippen LogP contribution in [0, 0.1) is 0 Å². The summed E-state index contributed by atoms with van der Waals surface area (Å²) in [6.45, 7) is 11.3. The molecule has 1 amide bonds. The van der Waals surface area contributed by atoms with E-state index in [2.05, 4.69) is 36.4 Å². The fourth-order valence-corrected chi connectivity index (χ4v) is 2.34. The maximum atomic E-state index is 12.5. The summed E-state index contributed by atoms with van der Waals surface area (Å²) in [6.07, 6.45) is 4.53. The van der Waals surface area contributed by atoms with Crippen LogP contribution < -0.4 is 22.1 Å². The molecule has 6 nitrogen and oxygen atoms in total. The van der Waals surface area contributed by atoms with Gasteiger partial charge in [-0.3, -0.25) is 9.79 Å². The van der Waals surface area contributed by atoms with Gasteiger partial charge in [0.2, 0.25) is 0 Å². The van der Waals surface area contributed by atoms with Gasteiger partial charge in [0.15, 0.2) is 6.67 Å². The summed E-state index contributed by atoms with van der Waals surface area (Å²) in [5, 5.41) is 5.18. The molecule has 0 saturated carbocycles. The van der Waals surface area contributed by atoms with E-state index < -0.39 is 5.54 Å². The Kier molecular flexibility index (Phi) is 12.4. The normalized spacial score (nSPS) is 14.8. The van der Waals surface area contributed by atoms with Gasteiger partial charge in [-0.2, -0.15) is 0 Å². The molecule has 0 rings (SSSR count). The number of nitrogens with zero attached hydrogens (tertiary/aromatic N) is 1. The quantitative estimate of drug-likeness (QED) is 0.192. The van der Waals surface area contributed by atoms with Crippen LogP contribution in [-0.2, 0) is 4.79 Å². The zero-order chi connectivity index (χ0) is 17.2. The highest BCUT2D eigenvalue weighted by Gasteiger charge is 2.33. The molecule has 0 aromatic rings. The molecular weight excluding hydrogens is 314 g/mol. The molecule has 0 bridgehead atoms. The van der Waals surface area contributed by atoms with Crippen LogP contribution in [-0.4, -0.2) is 36.0 Å². The number of carbonyl (C=O) groups excluding carboxylic acids is 1. The van der Waals surface area contributed by atoms with E-state index in [0.717, 1.165) is 25.7 Å². The molecule has 0 heterocycles. The minimum Gasteiger partial charge on any atom is -0.388 e. The molecule has 0 aliphatic carbocycles. The third-order valence-corrected chi connectivity index (χ3v) is 4.50. The van der Waals surface area contributed by atoms with Gasteiger partial charge in [0, 0.05) is 0 Å². The Morgan fingerprint density at radius 3 is 2.22 bits per heavy atom. The van der Waals surface area contributed by atoms with Gasteiger partial charge < -0.3 is 22.1 Å². The van der Waals surface area contributed by atoms with E-state index in [9.17, 15) is 4.79 Å². The predicted octanol–water partition coefficient (Wildman–Crippen LogP) is 0.889. The topological polar surface area (TPSA) is 110 Å². The lowest BCUT2D eigenvalue weighted by atomic mass is 9.94. The molecule has 0 radical (unpaired) electrons. The number of unbranched alkanes of at least 4 members (excludes halogenated alkanes) is 1. The van der Waals surface area contributed by atoms with Gasteiger partial charge in [-0.15, -0.1) is 12.4 Å². The van der Waals surface area contributed by atoms with Gasteiger partial charge in [-0.05, 0) is 59.4 Å². The number of rotatable bonds is 11. The van der Waals surface area contributed by atoms with E-state index in [1.54, 1.807) is 6.92 Å². The third-order valence-electron chi connectivity index (χ3n) is 4.50. The highest BCUT2D eigenvalue weighted by Crippen LogP contribution is 2.19. The summed E-state index contributed by atoms with van der Waals surface area (Å²) in [7, 11) is 0. The van der Waals surface area contributed by atoms with Crippen molar-refractivity contribution < 1.29 is 10.1 Å². The number of amidine groups is 1. The fraction of sp³-hybridized carbons (Fsp3) is 0.875. The van der Waals surface area contributed by atoms with E-state index in [4.69, 9.17) is 11.5 Å². The average molecular weight is 351 g/mol. The second kappa shape index (κ2) is 11.6. The van der Waals surface area contributed by atoms with E-state index in [1.165, 1.54) is 0 Å². The zero-order valence-corrected chi connectivity index (χ0v) is 16.3. The second-order valence-electron chi connectivity index (χ2n) is 6.55. The van der Waals surface area contributed by atoms with Gasteiger partial charge in [-0.1, -0.05) is 13.8 Å². The Hall–Kier alpha value is -0.850. The van der Waals surface area contributed by atoms with Crippen LogP contribution >= 0.6 is 12.4 Å². The van der Waals surface area contributed by atoms with Gasteiger partial charge in [0.1, 0.15) is 5.54 Å². The smallest absolute Gasteiger partial charge is 0.251 e. The van der Waals surface area contributed by atoms with Crippen molar-refractivity contribution in [3.63, 3.8) is 0 Å². The van der Waals surface area contributed by atoms with Crippen molar-refractivity contribution in [1.29, 1.82) is 0 Å². The molecule has 0 aromatic heterocycles. The molecule has 23 heavy (non-hydrogen) atoms. The summed E-state index contributed by atoms with van der Waals surface area (Å²) in [5.74, 6) is 0.362. The summed E-state index contributed by atoms with van der Waals surface area (Å²) in [4.78, 5) is 16.9. The minimum absolute atomic E-state index is 0. The number of halogens is 1. The lowest BCUT2D eigenvalue weighted by Crippen LogP contribution is -2.98. The first-order valence-electron chi connectivity index (χ1n) is 8.37. The lowest BCUT2D eigenvalue weighted by molar-refractivity contribution is -0.727. The van der Waals surface area contributed by atoms with Crippen molar-refractivity contribution in [2.45, 2.75) is 77.8 Å². The van der Waals surface area contributed by atoms with Gasteiger partial charge in [0.25, 0.3) is 5.91 Å². The summed E-state index contributed by atoms with van der Waals surface area (Å²) < 4.78 is 0. The number of amides is 1. The van der Waals surface area contributed by atoms with E-state index in [-0.39, 0.29) is 23.9 Å².